The molecule has 0 saturated heterocycles. The van der Waals surface area contributed by atoms with Crippen LogP contribution in [0.15, 0.2) is 52.2 Å². The summed E-state index contributed by atoms with van der Waals surface area (Å²) in [5, 5.41) is 4.24. The smallest absolute Gasteiger partial charge is 0.306 e. The van der Waals surface area contributed by atoms with E-state index in [1.807, 2.05) is 0 Å². The molecule has 144 valence electrons. The van der Waals surface area contributed by atoms with Crippen LogP contribution in [0.2, 0.25) is 0 Å². The fraction of sp³-hybridized carbons (Fsp3) is 0.167. The topological polar surface area (TPSA) is 91.0 Å². The average Bonchev–Trinajstić information content (AvgIpc) is 3.04. The van der Waals surface area contributed by atoms with Crippen molar-refractivity contribution in [3.63, 3.8) is 0 Å². The number of rotatable bonds is 2. The number of pyridine rings is 1. The lowest BCUT2D eigenvalue weighted by molar-refractivity contribution is -0.0487. The molecule has 0 atom stereocenters. The Bertz CT molecular complexity index is 1200. The van der Waals surface area contributed by atoms with Crippen LogP contribution in [0.25, 0.3) is 5.69 Å². The lowest BCUT2D eigenvalue weighted by Crippen LogP contribution is -2.45. The third kappa shape index (κ3) is 2.82. The molecule has 0 fully saturated rings. The Labute approximate surface area is 155 Å². The van der Waals surface area contributed by atoms with Gasteiger partial charge in [-0.3, -0.25) is 29.1 Å². The van der Waals surface area contributed by atoms with Crippen LogP contribution in [-0.4, -0.2) is 32.1 Å². The molecule has 3 heterocycles. The predicted octanol–water partition coefficient (Wildman–Crippen LogP) is 1.74. The molecule has 0 saturated carbocycles. The van der Waals surface area contributed by atoms with Gasteiger partial charge in [-0.2, -0.15) is 8.78 Å². The molecule has 2 N–H and O–H groups in total. The molecule has 1 aliphatic heterocycles. The van der Waals surface area contributed by atoms with E-state index in [1.54, 1.807) is 0 Å². The summed E-state index contributed by atoms with van der Waals surface area (Å²) in [5.41, 5.74) is -2.26. The van der Waals surface area contributed by atoms with E-state index in [4.69, 9.17) is 0 Å². The number of hydrogen-bond donors (Lipinski definition) is 2. The van der Waals surface area contributed by atoms with Gasteiger partial charge in [-0.05, 0) is 18.2 Å². The molecular weight excluding hydrogens is 377 g/mol. The number of nitrogens with zero attached hydrogens (tertiary/aromatic N) is 2. The molecule has 1 amide bonds. The van der Waals surface area contributed by atoms with Gasteiger partial charge in [0, 0.05) is 12.3 Å². The van der Waals surface area contributed by atoms with E-state index in [-0.39, 0.29) is 23.4 Å². The first kappa shape index (κ1) is 17.8. The van der Waals surface area contributed by atoms with Gasteiger partial charge in [0.15, 0.2) is 0 Å². The third-order valence-electron chi connectivity index (χ3n) is 4.54. The number of benzene rings is 1. The van der Waals surface area contributed by atoms with Crippen molar-refractivity contribution >= 4 is 5.91 Å². The van der Waals surface area contributed by atoms with E-state index >= 15 is 0 Å². The van der Waals surface area contributed by atoms with E-state index in [9.17, 15) is 27.6 Å². The number of hydrogen-bond acceptors (Lipinski definition) is 3. The van der Waals surface area contributed by atoms with Crippen molar-refractivity contribution in [2.75, 3.05) is 6.54 Å². The molecule has 10 heteroatoms. The Kier molecular flexibility index (Phi) is 3.98. The summed E-state index contributed by atoms with van der Waals surface area (Å²) in [5.74, 6) is -4.93. The number of alkyl halides is 2. The fourth-order valence-electron chi connectivity index (χ4n) is 3.19. The standard InChI is InChI=1S/C18H13F3N4O3/c19-12-3-1-2-4-13(12)25-7-10(5-6-14(25)26)17(28)24-8-11-15(18(20,21)9-24)22-23-16(11)27/h1-7H,8-9H2,(H2,22,23,27). The van der Waals surface area contributed by atoms with E-state index in [0.29, 0.717) is 0 Å². The molecule has 7 nitrogen and oxygen atoms in total. The Morgan fingerprint density at radius 1 is 1.07 bits per heavy atom. The van der Waals surface area contributed by atoms with Crippen molar-refractivity contribution in [3.05, 3.63) is 85.9 Å². The number of amides is 1. The highest BCUT2D eigenvalue weighted by Gasteiger charge is 2.44. The van der Waals surface area contributed by atoms with Crippen molar-refractivity contribution in [3.8, 4) is 5.69 Å². The quantitative estimate of drug-likeness (QED) is 0.698. The molecule has 3 aromatic rings. The second-order valence-electron chi connectivity index (χ2n) is 6.38. The van der Waals surface area contributed by atoms with E-state index in [0.717, 1.165) is 27.8 Å². The van der Waals surface area contributed by atoms with Crippen molar-refractivity contribution in [1.29, 1.82) is 0 Å². The van der Waals surface area contributed by atoms with Crippen molar-refractivity contribution in [2.45, 2.75) is 12.5 Å². The van der Waals surface area contributed by atoms with Crippen LogP contribution in [0.1, 0.15) is 21.6 Å². The first-order valence-corrected chi connectivity index (χ1v) is 8.22. The molecule has 0 radical (unpaired) electrons. The summed E-state index contributed by atoms with van der Waals surface area (Å²) in [4.78, 5) is 37.4. The molecule has 1 aromatic carbocycles. The monoisotopic (exact) mass is 390 g/mol. The highest BCUT2D eigenvalue weighted by Crippen LogP contribution is 2.34. The largest absolute Gasteiger partial charge is 0.327 e. The zero-order chi connectivity index (χ0) is 20.1. The average molecular weight is 390 g/mol. The van der Waals surface area contributed by atoms with Crippen molar-refractivity contribution in [2.24, 2.45) is 0 Å². The lowest BCUT2D eigenvalue weighted by Gasteiger charge is -2.31. The zero-order valence-electron chi connectivity index (χ0n) is 14.2. The molecule has 0 unspecified atom stereocenters. The third-order valence-corrected chi connectivity index (χ3v) is 4.54. The van der Waals surface area contributed by atoms with Gasteiger partial charge in [0.05, 0.1) is 29.9 Å². The van der Waals surface area contributed by atoms with Gasteiger partial charge in [-0.15, -0.1) is 0 Å². The predicted molar refractivity (Wildman–Crippen MR) is 92.0 cm³/mol. The van der Waals surface area contributed by atoms with E-state index in [1.165, 1.54) is 24.3 Å². The maximum Gasteiger partial charge on any atom is 0.306 e. The first-order chi connectivity index (χ1) is 13.3. The highest BCUT2D eigenvalue weighted by atomic mass is 19.3. The molecule has 2 aromatic heterocycles. The molecule has 0 spiro atoms. The second kappa shape index (κ2) is 6.25. The number of carbonyl (C=O) groups excluding carboxylic acids is 1. The number of H-pyrrole nitrogens is 2. The maximum atomic E-state index is 14.3. The van der Waals surface area contributed by atoms with Gasteiger partial charge in [0.25, 0.3) is 17.0 Å². The summed E-state index contributed by atoms with van der Waals surface area (Å²) < 4.78 is 43.6. The Hall–Kier alpha value is -3.56. The second-order valence-corrected chi connectivity index (χ2v) is 6.38. The van der Waals surface area contributed by atoms with Crippen LogP contribution in [0.5, 0.6) is 0 Å². The molecule has 0 aliphatic carbocycles. The maximum absolute atomic E-state index is 14.3. The molecule has 4 rings (SSSR count). The van der Waals surface area contributed by atoms with Crippen LogP contribution in [-0.2, 0) is 12.5 Å². The minimum Gasteiger partial charge on any atom is -0.327 e. The Balaban J connectivity index is 1.73. The minimum atomic E-state index is -3.44. The molecular formula is C18H13F3N4O3. The minimum absolute atomic E-state index is 0.0736. The normalized spacial score (nSPS) is 15.3. The SMILES string of the molecule is O=C(c1ccc(=O)n(-c2ccccc2F)c1)N1Cc2c([nH][nH]c2=O)C(F)(F)C1. The number of para-hydroxylation sites is 1. The van der Waals surface area contributed by atoms with Gasteiger partial charge in [-0.1, -0.05) is 12.1 Å². The van der Waals surface area contributed by atoms with Crippen LogP contribution in [0.3, 0.4) is 0 Å². The number of aromatic nitrogens is 3. The van der Waals surface area contributed by atoms with Crippen molar-refractivity contribution < 1.29 is 18.0 Å². The summed E-state index contributed by atoms with van der Waals surface area (Å²) >= 11 is 0. The summed E-state index contributed by atoms with van der Waals surface area (Å²) in [6.07, 6.45) is 1.10. The van der Waals surface area contributed by atoms with Crippen LogP contribution in [0.4, 0.5) is 13.2 Å². The van der Waals surface area contributed by atoms with Crippen molar-refractivity contribution in [1.82, 2.24) is 19.7 Å². The van der Waals surface area contributed by atoms with Gasteiger partial charge < -0.3 is 4.90 Å². The number of carbonyl (C=O) groups is 1. The Morgan fingerprint density at radius 2 is 1.82 bits per heavy atom. The number of nitrogens with one attached hydrogen (secondary N) is 2. The number of fused-ring (bicyclic) bond motifs is 1. The van der Waals surface area contributed by atoms with E-state index in [2.05, 4.69) is 10.2 Å². The number of halogens is 3. The van der Waals surface area contributed by atoms with Gasteiger partial charge >= 0.3 is 5.92 Å². The van der Waals surface area contributed by atoms with Crippen LogP contribution in [0, 0.1) is 5.82 Å². The lowest BCUT2D eigenvalue weighted by atomic mass is 10.0. The van der Waals surface area contributed by atoms with Crippen LogP contribution >= 0.6 is 0 Å². The van der Waals surface area contributed by atoms with E-state index < -0.39 is 41.0 Å². The molecule has 28 heavy (non-hydrogen) atoms. The number of aromatic amines is 2. The van der Waals surface area contributed by atoms with Gasteiger partial charge in [0.2, 0.25) is 0 Å². The highest BCUT2D eigenvalue weighted by molar-refractivity contribution is 5.94. The summed E-state index contributed by atoms with van der Waals surface area (Å²) in [6.45, 7) is -1.26. The Morgan fingerprint density at radius 3 is 2.57 bits per heavy atom. The summed E-state index contributed by atoms with van der Waals surface area (Å²) in [6, 6.07) is 7.70. The zero-order valence-corrected chi connectivity index (χ0v) is 14.2. The fourth-order valence-corrected chi connectivity index (χ4v) is 3.19. The summed E-state index contributed by atoms with van der Waals surface area (Å²) in [7, 11) is 0. The van der Waals surface area contributed by atoms with Gasteiger partial charge in [-0.25, -0.2) is 4.39 Å². The van der Waals surface area contributed by atoms with Crippen LogP contribution < -0.4 is 11.1 Å². The first-order valence-electron chi connectivity index (χ1n) is 8.22. The van der Waals surface area contributed by atoms with Gasteiger partial charge in [0.1, 0.15) is 11.5 Å². The molecule has 1 aliphatic rings. The molecule has 0 bridgehead atoms.